The van der Waals surface area contributed by atoms with Crippen LogP contribution in [-0.2, 0) is 4.79 Å². The summed E-state index contributed by atoms with van der Waals surface area (Å²) in [6.45, 7) is 12.9. The average molecular weight is 819 g/mol. The molecule has 2 atom stereocenters. The molecule has 1 aliphatic carbocycles. The summed E-state index contributed by atoms with van der Waals surface area (Å²) in [7, 11) is 0. The molecule has 306 valence electrons. The topological polar surface area (TPSA) is 182 Å². The van der Waals surface area contributed by atoms with Crippen molar-refractivity contribution in [2.75, 3.05) is 55.6 Å². The van der Waals surface area contributed by atoms with E-state index in [0.717, 1.165) is 42.5 Å². The zero-order valence-corrected chi connectivity index (χ0v) is 34.3. The quantitative estimate of drug-likeness (QED) is 0.264. The lowest BCUT2D eigenvalue weighted by Crippen LogP contribution is -2.74. The fraction of sp³-hybridized carbons (Fsp3) is 0.455. The maximum atomic E-state index is 13.5. The predicted molar refractivity (Wildman–Crippen MR) is 219 cm³/mol. The summed E-state index contributed by atoms with van der Waals surface area (Å²) in [6, 6.07) is 21.3. The maximum absolute atomic E-state index is 13.5. The molecule has 15 heteroatoms. The van der Waals surface area contributed by atoms with Gasteiger partial charge in [0.25, 0.3) is 17.7 Å². The van der Waals surface area contributed by atoms with Crippen molar-refractivity contribution < 1.29 is 29.0 Å². The highest BCUT2D eigenvalue weighted by Crippen LogP contribution is 2.55. The Hall–Kier alpha value is -5.67. The van der Waals surface area contributed by atoms with E-state index >= 15 is 0 Å². The van der Waals surface area contributed by atoms with Crippen molar-refractivity contribution in [3.8, 4) is 17.9 Å². The number of hydrogen-bond donors (Lipinski definition) is 3. The largest absolute Gasteiger partial charge is 0.489 e. The van der Waals surface area contributed by atoms with Gasteiger partial charge in [0.1, 0.15) is 35.6 Å². The smallest absolute Gasteiger partial charge is 0.262 e. The van der Waals surface area contributed by atoms with Gasteiger partial charge in [-0.05, 0) is 67.4 Å². The van der Waals surface area contributed by atoms with Crippen LogP contribution in [0.5, 0.6) is 5.75 Å². The van der Waals surface area contributed by atoms with Gasteiger partial charge in [-0.3, -0.25) is 29.0 Å². The minimum Gasteiger partial charge on any atom is -0.489 e. The lowest BCUT2D eigenvalue weighted by Gasteiger charge is -2.63. The Labute approximate surface area is 348 Å². The number of nitrogens with one attached hydrogen (secondary N) is 2. The maximum Gasteiger partial charge on any atom is 0.262 e. The van der Waals surface area contributed by atoms with Crippen LogP contribution >= 0.6 is 11.6 Å². The van der Waals surface area contributed by atoms with E-state index in [1.54, 1.807) is 36.4 Å². The van der Waals surface area contributed by atoms with Gasteiger partial charge < -0.3 is 30.3 Å². The summed E-state index contributed by atoms with van der Waals surface area (Å²) >= 11 is 6.25. The molecular weight excluding hydrogens is 772 g/mol. The van der Waals surface area contributed by atoms with E-state index in [1.807, 2.05) is 29.2 Å². The van der Waals surface area contributed by atoms with Crippen LogP contribution in [0, 0.1) is 38.9 Å². The van der Waals surface area contributed by atoms with Crippen LogP contribution in [0.15, 0.2) is 60.7 Å². The van der Waals surface area contributed by atoms with Gasteiger partial charge in [-0.15, -0.1) is 0 Å². The Bertz CT molecular complexity index is 2290. The van der Waals surface area contributed by atoms with Crippen molar-refractivity contribution in [3.05, 3.63) is 87.9 Å². The molecule has 2 unspecified atom stereocenters. The molecule has 59 heavy (non-hydrogen) atoms. The summed E-state index contributed by atoms with van der Waals surface area (Å²) in [5.74, 6) is -1.16. The van der Waals surface area contributed by atoms with E-state index in [2.05, 4.69) is 60.3 Å². The molecule has 3 N–H and O–H groups in total. The molecule has 4 amide bonds. The van der Waals surface area contributed by atoms with Gasteiger partial charge in [0.05, 0.1) is 27.8 Å². The van der Waals surface area contributed by atoms with Gasteiger partial charge in [0, 0.05) is 85.7 Å². The zero-order valence-electron chi connectivity index (χ0n) is 33.5. The Morgan fingerprint density at radius 2 is 1.54 bits per heavy atom. The van der Waals surface area contributed by atoms with E-state index in [-0.39, 0.29) is 52.9 Å². The number of aliphatic hydroxyl groups excluding tert-OH is 1. The highest BCUT2D eigenvalue weighted by molar-refractivity contribution is 6.31. The highest BCUT2D eigenvalue weighted by Gasteiger charge is 2.64. The molecule has 4 heterocycles. The first-order valence-corrected chi connectivity index (χ1v) is 20.3. The fourth-order valence-electron chi connectivity index (χ4n) is 10.1. The average Bonchev–Trinajstić information content (AvgIpc) is 3.45. The number of amides is 4. The first kappa shape index (κ1) is 40.1. The van der Waals surface area contributed by atoms with Crippen molar-refractivity contribution in [1.82, 2.24) is 20.4 Å². The normalized spacial score (nSPS) is 25.5. The van der Waals surface area contributed by atoms with E-state index in [9.17, 15) is 34.8 Å². The lowest BCUT2D eigenvalue weighted by atomic mass is 9.49. The number of imide groups is 1. The first-order chi connectivity index (χ1) is 28.0. The number of hydrogen-bond acceptors (Lipinski definition) is 11. The molecule has 3 aromatic rings. The minimum absolute atomic E-state index is 0.152. The van der Waals surface area contributed by atoms with Crippen LogP contribution in [0.3, 0.4) is 0 Å². The highest BCUT2D eigenvalue weighted by atomic mass is 35.5. The van der Waals surface area contributed by atoms with E-state index in [1.165, 1.54) is 0 Å². The summed E-state index contributed by atoms with van der Waals surface area (Å²) < 4.78 is 6.37. The minimum atomic E-state index is -0.990. The summed E-state index contributed by atoms with van der Waals surface area (Å²) in [5, 5.41) is 35.3. The third kappa shape index (κ3) is 7.03. The van der Waals surface area contributed by atoms with Crippen LogP contribution < -0.4 is 25.2 Å². The Morgan fingerprint density at radius 1 is 0.881 bits per heavy atom. The SMILES string of the molecule is CC1(C)C(NC(=O)c2ccc(N3CCN(CC4(C#N)CN(c5ccc6c(c5)C(=O)N(C5CCC(O)NC5=O)C6=O)C4)CC3)cc2)C(C)(C)C1Oc1ccc(C#N)c(Cl)c1. The molecule has 14 nitrogen and oxygen atoms in total. The van der Waals surface area contributed by atoms with Gasteiger partial charge in [-0.2, -0.15) is 10.5 Å². The Morgan fingerprint density at radius 3 is 2.17 bits per heavy atom. The Kier molecular flexibility index (Phi) is 10.1. The molecule has 3 saturated heterocycles. The van der Waals surface area contributed by atoms with Crippen molar-refractivity contribution in [2.45, 2.75) is 65.0 Å². The number of anilines is 2. The molecule has 0 radical (unpaired) electrons. The third-order valence-electron chi connectivity index (χ3n) is 13.0. The van der Waals surface area contributed by atoms with E-state index in [4.69, 9.17) is 16.3 Å². The molecule has 4 aliphatic heterocycles. The van der Waals surface area contributed by atoms with Crippen LogP contribution in [0.25, 0.3) is 0 Å². The second kappa shape index (κ2) is 14.9. The van der Waals surface area contributed by atoms with Gasteiger partial charge in [0.2, 0.25) is 5.91 Å². The fourth-order valence-corrected chi connectivity index (χ4v) is 10.3. The molecule has 8 rings (SSSR count). The molecular formula is C44H47ClN8O6. The molecule has 0 bridgehead atoms. The number of rotatable bonds is 9. The molecule has 4 fully saturated rings. The molecule has 1 saturated carbocycles. The molecule has 3 aromatic carbocycles. The summed E-state index contributed by atoms with van der Waals surface area (Å²) in [4.78, 5) is 60.2. The van der Waals surface area contributed by atoms with Gasteiger partial charge >= 0.3 is 0 Å². The number of ether oxygens (including phenoxy) is 1. The number of nitriles is 2. The number of piperidine rings is 1. The second-order valence-corrected chi connectivity index (χ2v) is 18.1. The van der Waals surface area contributed by atoms with Crippen molar-refractivity contribution in [1.29, 1.82) is 10.5 Å². The van der Waals surface area contributed by atoms with Gasteiger partial charge in [-0.25, -0.2) is 0 Å². The number of halogens is 1. The number of carbonyl (C=O) groups is 4. The molecule has 0 aromatic heterocycles. The Balaban J connectivity index is 0.822. The van der Waals surface area contributed by atoms with Gasteiger partial charge in [0.15, 0.2) is 0 Å². The first-order valence-electron chi connectivity index (χ1n) is 20.0. The molecule has 5 aliphatic rings. The number of nitrogens with zero attached hydrogens (tertiary/aromatic N) is 6. The number of aliphatic hydroxyl groups is 1. The van der Waals surface area contributed by atoms with E-state index < -0.39 is 35.4 Å². The van der Waals surface area contributed by atoms with Crippen LogP contribution in [0.2, 0.25) is 5.02 Å². The van der Waals surface area contributed by atoms with E-state index in [0.29, 0.717) is 41.5 Å². The number of fused-ring (bicyclic) bond motifs is 1. The number of carbonyl (C=O) groups excluding carboxylic acids is 4. The zero-order chi connectivity index (χ0) is 42.0. The summed E-state index contributed by atoms with van der Waals surface area (Å²) in [5.41, 5.74) is 1.86. The van der Waals surface area contributed by atoms with Crippen LogP contribution in [0.4, 0.5) is 11.4 Å². The standard InChI is InChI=1S/C44H47ClN8O6/c1-42(2)40(43(3,4)41(42)59-30-11-7-27(21-46)33(45)20-30)49-36(55)26-5-8-28(9-6-26)51-17-15-50(16-18-51)23-44(22-47)24-52(25-44)29-10-12-31-32(19-29)39(58)53(38(31)57)34-13-14-35(54)48-37(34)56/h5-12,19-20,34-35,40-41,54H,13-18,23-25H2,1-4H3,(H,48,56)(H,49,55). The number of piperazine rings is 1. The predicted octanol–water partition coefficient (Wildman–Crippen LogP) is 4.17. The third-order valence-corrected chi connectivity index (χ3v) is 13.3. The second-order valence-electron chi connectivity index (χ2n) is 17.7. The number of benzene rings is 3. The summed E-state index contributed by atoms with van der Waals surface area (Å²) in [6.07, 6.45) is -0.751. The van der Waals surface area contributed by atoms with Crippen LogP contribution in [0.1, 0.15) is 77.2 Å². The van der Waals surface area contributed by atoms with Gasteiger partial charge in [-0.1, -0.05) is 39.3 Å². The van der Waals surface area contributed by atoms with Crippen molar-refractivity contribution >= 4 is 46.6 Å². The molecule has 0 spiro atoms. The van der Waals surface area contributed by atoms with Crippen LogP contribution in [-0.4, -0.2) is 109 Å². The van der Waals surface area contributed by atoms with Crippen molar-refractivity contribution in [3.63, 3.8) is 0 Å². The van der Waals surface area contributed by atoms with Crippen molar-refractivity contribution in [2.24, 2.45) is 16.2 Å². The monoisotopic (exact) mass is 818 g/mol. The lowest BCUT2D eigenvalue weighted by molar-refractivity contribution is -0.164.